The molecule has 1 aliphatic heterocycles. The van der Waals surface area contributed by atoms with Crippen LogP contribution in [0.5, 0.6) is 0 Å². The largest absolute Gasteiger partial charge is 0.388 e. The first-order valence-corrected chi connectivity index (χ1v) is 7.48. The lowest BCUT2D eigenvalue weighted by atomic mass is 9.97. The van der Waals surface area contributed by atoms with Crippen LogP contribution in [0, 0.1) is 0 Å². The molecule has 2 heterocycles. The molecule has 10 heteroatoms. The number of methoxy groups -OCH3 is 1. The molecular weight excluding hydrogens is 322 g/mol. The summed E-state index contributed by atoms with van der Waals surface area (Å²) in [6, 6.07) is 0.416. The van der Waals surface area contributed by atoms with E-state index in [-0.39, 0.29) is 32.1 Å². The highest BCUT2D eigenvalue weighted by Crippen LogP contribution is 2.17. The zero-order chi connectivity index (χ0) is 17.7. The highest BCUT2D eigenvalue weighted by atomic mass is 16.5. The first-order chi connectivity index (χ1) is 11.4. The first-order valence-electron chi connectivity index (χ1n) is 7.48. The van der Waals surface area contributed by atoms with Gasteiger partial charge < -0.3 is 25.0 Å². The van der Waals surface area contributed by atoms with E-state index in [0.717, 1.165) is 0 Å². The fraction of sp³-hybridized carbons (Fsp3) is 0.643. The number of aromatic nitrogens is 2. The number of H-pyrrole nitrogens is 1. The van der Waals surface area contributed by atoms with Gasteiger partial charge in [0.2, 0.25) is 5.91 Å². The standard InChI is InChI=1S/C14H21N3O7/c1-23-5-3-11(19)15-8-7-24-9(13(21)12(8)20)6-17-4-2-10(18)16-14(17)22/h2,4,8-9,12-13,20-21H,3,5-7H2,1H3,(H,15,19)(H,16,18,22)/t8-,9-,12+,13-/m1/s1. The van der Waals surface area contributed by atoms with Crippen LogP contribution < -0.4 is 16.6 Å². The number of aliphatic hydroxyl groups excluding tert-OH is 2. The normalized spacial score (nSPS) is 27.0. The summed E-state index contributed by atoms with van der Waals surface area (Å²) in [7, 11) is 1.47. The van der Waals surface area contributed by atoms with E-state index in [1.165, 1.54) is 23.9 Å². The Morgan fingerprint density at radius 3 is 2.88 bits per heavy atom. The fourth-order valence-corrected chi connectivity index (χ4v) is 2.43. The van der Waals surface area contributed by atoms with Gasteiger partial charge >= 0.3 is 5.69 Å². The van der Waals surface area contributed by atoms with E-state index >= 15 is 0 Å². The van der Waals surface area contributed by atoms with E-state index in [1.54, 1.807) is 0 Å². The zero-order valence-electron chi connectivity index (χ0n) is 13.2. The van der Waals surface area contributed by atoms with Gasteiger partial charge in [0.15, 0.2) is 0 Å². The molecule has 10 nitrogen and oxygen atoms in total. The monoisotopic (exact) mass is 343 g/mol. The van der Waals surface area contributed by atoms with Crippen molar-refractivity contribution in [1.29, 1.82) is 0 Å². The average Bonchev–Trinajstić information content (AvgIpc) is 2.54. The zero-order valence-corrected chi connectivity index (χ0v) is 13.2. The predicted molar refractivity (Wildman–Crippen MR) is 81.5 cm³/mol. The van der Waals surface area contributed by atoms with Crippen LogP contribution in [0.15, 0.2) is 21.9 Å². The van der Waals surface area contributed by atoms with Crippen LogP contribution >= 0.6 is 0 Å². The maximum atomic E-state index is 11.7. The van der Waals surface area contributed by atoms with Crippen molar-refractivity contribution in [3.8, 4) is 0 Å². The smallest absolute Gasteiger partial charge is 0.328 e. The Kier molecular flexibility index (Phi) is 6.26. The summed E-state index contributed by atoms with van der Waals surface area (Å²) in [5, 5.41) is 22.9. The Labute approximate surface area is 137 Å². The second-order valence-corrected chi connectivity index (χ2v) is 5.53. The molecule has 0 aromatic carbocycles. The molecule has 0 aliphatic carbocycles. The Hall–Kier alpha value is -2.01. The van der Waals surface area contributed by atoms with Gasteiger partial charge in [-0.3, -0.25) is 19.1 Å². The minimum atomic E-state index is -1.30. The number of hydrogen-bond donors (Lipinski definition) is 4. The van der Waals surface area contributed by atoms with Crippen molar-refractivity contribution in [2.45, 2.75) is 37.3 Å². The lowest BCUT2D eigenvalue weighted by molar-refractivity contribution is -0.159. The lowest BCUT2D eigenvalue weighted by Gasteiger charge is -2.38. The molecule has 0 radical (unpaired) electrons. The molecule has 1 aromatic rings. The van der Waals surface area contributed by atoms with Crippen molar-refractivity contribution in [3.63, 3.8) is 0 Å². The molecule has 1 aromatic heterocycles. The Balaban J connectivity index is 1.96. The third-order valence-corrected chi connectivity index (χ3v) is 3.79. The van der Waals surface area contributed by atoms with Gasteiger partial charge in [-0.15, -0.1) is 0 Å². The summed E-state index contributed by atoms with van der Waals surface area (Å²) in [5.74, 6) is -0.327. The number of hydrogen-bond acceptors (Lipinski definition) is 7. The SMILES string of the molecule is COCCC(=O)N[C@@H]1CO[C@H](Cn2ccc(=O)[nH]c2=O)[C@@H](O)[C@H]1O. The Morgan fingerprint density at radius 2 is 2.21 bits per heavy atom. The van der Waals surface area contributed by atoms with Crippen molar-refractivity contribution in [3.05, 3.63) is 33.1 Å². The van der Waals surface area contributed by atoms with Gasteiger partial charge in [0.1, 0.15) is 18.3 Å². The number of carbonyl (C=O) groups excluding carboxylic acids is 1. The fourth-order valence-electron chi connectivity index (χ4n) is 2.43. The number of nitrogens with one attached hydrogen (secondary N) is 2. The van der Waals surface area contributed by atoms with Gasteiger partial charge in [0.25, 0.3) is 5.56 Å². The molecule has 1 fully saturated rings. The number of aromatic amines is 1. The maximum Gasteiger partial charge on any atom is 0.328 e. The predicted octanol–water partition coefficient (Wildman–Crippen LogP) is -2.82. The number of nitrogens with zero attached hydrogens (tertiary/aromatic N) is 1. The van der Waals surface area contributed by atoms with Crippen LogP contribution in [-0.2, 0) is 20.8 Å². The van der Waals surface area contributed by atoms with Gasteiger partial charge in [-0.2, -0.15) is 0 Å². The molecule has 1 amide bonds. The number of aliphatic hydroxyl groups is 2. The first kappa shape index (κ1) is 18.3. The van der Waals surface area contributed by atoms with E-state index in [4.69, 9.17) is 9.47 Å². The van der Waals surface area contributed by atoms with Crippen LogP contribution in [0.2, 0.25) is 0 Å². The van der Waals surface area contributed by atoms with Crippen molar-refractivity contribution in [2.75, 3.05) is 20.3 Å². The third kappa shape index (κ3) is 4.51. The van der Waals surface area contributed by atoms with E-state index < -0.39 is 35.6 Å². The van der Waals surface area contributed by atoms with Crippen LogP contribution in [0.3, 0.4) is 0 Å². The Morgan fingerprint density at radius 1 is 1.46 bits per heavy atom. The highest BCUT2D eigenvalue weighted by molar-refractivity contribution is 5.76. The van der Waals surface area contributed by atoms with Crippen LogP contribution in [0.4, 0.5) is 0 Å². The third-order valence-electron chi connectivity index (χ3n) is 3.79. The molecule has 0 bridgehead atoms. The van der Waals surface area contributed by atoms with E-state index in [1.807, 2.05) is 0 Å². The quantitative estimate of drug-likeness (QED) is 0.436. The van der Waals surface area contributed by atoms with E-state index in [2.05, 4.69) is 10.3 Å². The minimum absolute atomic E-state index is 0.0142. The molecule has 1 saturated heterocycles. The second kappa shape index (κ2) is 8.20. The summed E-state index contributed by atoms with van der Waals surface area (Å²) >= 11 is 0. The van der Waals surface area contributed by atoms with Gasteiger partial charge in [-0.1, -0.05) is 0 Å². The molecule has 24 heavy (non-hydrogen) atoms. The molecular formula is C14H21N3O7. The van der Waals surface area contributed by atoms with Crippen LogP contribution in [-0.4, -0.2) is 70.3 Å². The van der Waals surface area contributed by atoms with E-state index in [9.17, 15) is 24.6 Å². The molecule has 2 rings (SSSR count). The maximum absolute atomic E-state index is 11.7. The van der Waals surface area contributed by atoms with Crippen LogP contribution in [0.1, 0.15) is 6.42 Å². The molecule has 4 atom stereocenters. The molecule has 4 N–H and O–H groups in total. The Bertz CT molecular complexity index is 671. The number of carbonyl (C=O) groups is 1. The number of amides is 1. The summed E-state index contributed by atoms with van der Waals surface area (Å²) in [6.45, 7) is 0.188. The van der Waals surface area contributed by atoms with Crippen LogP contribution in [0.25, 0.3) is 0 Å². The average molecular weight is 343 g/mol. The summed E-state index contributed by atoms with van der Waals surface area (Å²) in [5.41, 5.74) is -1.16. The van der Waals surface area contributed by atoms with Gasteiger partial charge in [0, 0.05) is 25.8 Å². The summed E-state index contributed by atoms with van der Waals surface area (Å²) in [4.78, 5) is 36.4. The molecule has 134 valence electrons. The number of rotatable bonds is 6. The van der Waals surface area contributed by atoms with Gasteiger partial charge in [-0.05, 0) is 0 Å². The molecule has 0 saturated carbocycles. The van der Waals surface area contributed by atoms with Crippen molar-refractivity contribution < 1.29 is 24.5 Å². The topological polar surface area (TPSA) is 143 Å². The van der Waals surface area contributed by atoms with Crippen molar-refractivity contribution >= 4 is 5.91 Å². The lowest BCUT2D eigenvalue weighted by Crippen LogP contribution is -2.60. The van der Waals surface area contributed by atoms with Gasteiger partial charge in [-0.25, -0.2) is 4.79 Å². The van der Waals surface area contributed by atoms with Crippen molar-refractivity contribution in [2.24, 2.45) is 0 Å². The van der Waals surface area contributed by atoms with Gasteiger partial charge in [0.05, 0.1) is 25.8 Å². The molecule has 1 aliphatic rings. The van der Waals surface area contributed by atoms with Crippen molar-refractivity contribution in [1.82, 2.24) is 14.9 Å². The summed E-state index contributed by atoms with van der Waals surface area (Å²) in [6.07, 6.45) is -1.98. The second-order valence-electron chi connectivity index (χ2n) is 5.53. The minimum Gasteiger partial charge on any atom is -0.388 e. The molecule has 0 unspecified atom stereocenters. The number of ether oxygens (including phenoxy) is 2. The van der Waals surface area contributed by atoms with E-state index in [0.29, 0.717) is 0 Å². The molecule has 0 spiro atoms. The highest BCUT2D eigenvalue weighted by Gasteiger charge is 2.39. The summed E-state index contributed by atoms with van der Waals surface area (Å²) < 4.78 is 11.4.